The third-order valence-corrected chi connectivity index (χ3v) is 4.74. The van der Waals surface area contributed by atoms with Crippen molar-refractivity contribution in [2.75, 3.05) is 0 Å². The molecule has 0 aliphatic rings. The zero-order chi connectivity index (χ0) is 16.5. The fourth-order valence-corrected chi connectivity index (χ4v) is 3.47. The summed E-state index contributed by atoms with van der Waals surface area (Å²) >= 11 is 0. The van der Waals surface area contributed by atoms with E-state index in [2.05, 4.69) is 60.4 Å². The lowest BCUT2D eigenvalue weighted by molar-refractivity contribution is 0.282. The Balaban J connectivity index is 1.90. The molecule has 1 aromatic heterocycles. The first-order chi connectivity index (χ1) is 11.8. The van der Waals surface area contributed by atoms with E-state index < -0.39 is 0 Å². The summed E-state index contributed by atoms with van der Waals surface area (Å²) in [5.74, 6) is 0.194. The van der Waals surface area contributed by atoms with Crippen LogP contribution in [0, 0.1) is 0 Å². The van der Waals surface area contributed by atoms with Crippen molar-refractivity contribution in [2.24, 2.45) is 0 Å². The van der Waals surface area contributed by atoms with Gasteiger partial charge in [0.2, 0.25) is 0 Å². The van der Waals surface area contributed by atoms with E-state index in [1.165, 1.54) is 16.3 Å². The Morgan fingerprint density at radius 2 is 1.71 bits per heavy atom. The predicted molar refractivity (Wildman–Crippen MR) is 99.1 cm³/mol. The Morgan fingerprint density at radius 1 is 0.875 bits per heavy atom. The van der Waals surface area contributed by atoms with Gasteiger partial charge in [0.25, 0.3) is 0 Å². The molecule has 0 saturated carbocycles. The van der Waals surface area contributed by atoms with E-state index >= 15 is 0 Å². The number of benzene rings is 3. The first kappa shape index (κ1) is 14.9. The lowest BCUT2D eigenvalue weighted by atomic mass is 9.90. The SMILES string of the molecule is CC(c1cccc2ccccc12)c1nccc2cc(CO)ccc12. The molecular formula is C22H19NO. The molecule has 1 unspecified atom stereocenters. The summed E-state index contributed by atoms with van der Waals surface area (Å²) < 4.78 is 0. The van der Waals surface area contributed by atoms with Gasteiger partial charge in [0, 0.05) is 17.5 Å². The van der Waals surface area contributed by atoms with Crippen LogP contribution in [-0.2, 0) is 6.61 Å². The normalized spacial score (nSPS) is 12.6. The molecule has 2 heteroatoms. The molecule has 0 spiro atoms. The highest BCUT2D eigenvalue weighted by Gasteiger charge is 2.15. The van der Waals surface area contributed by atoms with Crippen LogP contribution in [0.4, 0.5) is 0 Å². The second-order valence-corrected chi connectivity index (χ2v) is 6.20. The van der Waals surface area contributed by atoms with Crippen molar-refractivity contribution in [2.45, 2.75) is 19.4 Å². The van der Waals surface area contributed by atoms with Gasteiger partial charge in [-0.3, -0.25) is 4.98 Å². The molecule has 3 aromatic carbocycles. The van der Waals surface area contributed by atoms with Gasteiger partial charge in [-0.05, 0) is 39.4 Å². The quantitative estimate of drug-likeness (QED) is 0.575. The molecule has 24 heavy (non-hydrogen) atoms. The van der Waals surface area contributed by atoms with Gasteiger partial charge in [-0.15, -0.1) is 0 Å². The Kier molecular flexibility index (Phi) is 3.75. The highest BCUT2D eigenvalue weighted by atomic mass is 16.3. The summed E-state index contributed by atoms with van der Waals surface area (Å²) in [6, 6.07) is 23.0. The van der Waals surface area contributed by atoms with Crippen LogP contribution >= 0.6 is 0 Å². The summed E-state index contributed by atoms with van der Waals surface area (Å²) in [6.45, 7) is 2.27. The summed E-state index contributed by atoms with van der Waals surface area (Å²) in [7, 11) is 0. The van der Waals surface area contributed by atoms with Crippen molar-refractivity contribution in [3.05, 3.63) is 89.7 Å². The lowest BCUT2D eigenvalue weighted by Gasteiger charge is -2.16. The molecule has 0 amide bonds. The lowest BCUT2D eigenvalue weighted by Crippen LogP contribution is -2.01. The minimum Gasteiger partial charge on any atom is -0.392 e. The van der Waals surface area contributed by atoms with Gasteiger partial charge < -0.3 is 5.11 Å². The summed E-state index contributed by atoms with van der Waals surface area (Å²) in [6.07, 6.45) is 1.86. The molecule has 1 heterocycles. The molecule has 0 aliphatic heterocycles. The maximum absolute atomic E-state index is 9.36. The van der Waals surface area contributed by atoms with E-state index in [0.717, 1.165) is 22.0 Å². The van der Waals surface area contributed by atoms with Crippen molar-refractivity contribution in [1.82, 2.24) is 4.98 Å². The molecule has 118 valence electrons. The fourth-order valence-electron chi connectivity index (χ4n) is 3.47. The summed E-state index contributed by atoms with van der Waals surface area (Å²) in [5.41, 5.74) is 3.30. The Morgan fingerprint density at radius 3 is 2.58 bits per heavy atom. The van der Waals surface area contributed by atoms with E-state index in [4.69, 9.17) is 0 Å². The maximum Gasteiger partial charge on any atom is 0.0682 e. The zero-order valence-electron chi connectivity index (χ0n) is 13.6. The van der Waals surface area contributed by atoms with Crippen LogP contribution in [0.3, 0.4) is 0 Å². The second-order valence-electron chi connectivity index (χ2n) is 6.20. The molecular weight excluding hydrogens is 294 g/mol. The van der Waals surface area contributed by atoms with E-state index in [1.807, 2.05) is 24.4 Å². The molecule has 4 rings (SSSR count). The standard InChI is InChI=1S/C22H19NO/c1-15(19-8-4-6-17-5-2-3-7-20(17)19)22-21-10-9-16(14-24)13-18(21)11-12-23-22/h2-13,15,24H,14H2,1H3. The predicted octanol–water partition coefficient (Wildman–Crippen LogP) is 5.03. The number of nitrogens with zero attached hydrogens (tertiary/aromatic N) is 1. The molecule has 0 bridgehead atoms. The monoisotopic (exact) mass is 313 g/mol. The molecule has 4 aromatic rings. The van der Waals surface area contributed by atoms with Gasteiger partial charge in [-0.25, -0.2) is 0 Å². The minimum atomic E-state index is 0.0620. The van der Waals surface area contributed by atoms with Crippen LogP contribution in [0.25, 0.3) is 21.5 Å². The number of rotatable bonds is 3. The number of hydrogen-bond donors (Lipinski definition) is 1. The van der Waals surface area contributed by atoms with Crippen LogP contribution in [-0.4, -0.2) is 10.1 Å². The Labute approximate surface area is 141 Å². The van der Waals surface area contributed by atoms with Crippen LogP contribution in [0.1, 0.15) is 29.7 Å². The summed E-state index contributed by atoms with van der Waals surface area (Å²) in [5, 5.41) is 14.2. The first-order valence-corrected chi connectivity index (χ1v) is 8.24. The van der Waals surface area contributed by atoms with Crippen molar-refractivity contribution in [3.8, 4) is 0 Å². The van der Waals surface area contributed by atoms with Crippen molar-refractivity contribution < 1.29 is 5.11 Å². The van der Waals surface area contributed by atoms with Crippen LogP contribution in [0.5, 0.6) is 0 Å². The van der Waals surface area contributed by atoms with Crippen molar-refractivity contribution >= 4 is 21.5 Å². The van der Waals surface area contributed by atoms with Crippen molar-refractivity contribution in [3.63, 3.8) is 0 Å². The van der Waals surface area contributed by atoms with Gasteiger partial charge in [0.15, 0.2) is 0 Å². The number of aliphatic hydroxyl groups is 1. The molecule has 0 radical (unpaired) electrons. The van der Waals surface area contributed by atoms with Crippen LogP contribution in [0.15, 0.2) is 72.9 Å². The smallest absolute Gasteiger partial charge is 0.0682 e. The van der Waals surface area contributed by atoms with Crippen molar-refractivity contribution in [1.29, 1.82) is 0 Å². The average molecular weight is 313 g/mol. The number of aromatic nitrogens is 1. The third kappa shape index (κ3) is 2.45. The first-order valence-electron chi connectivity index (χ1n) is 8.24. The average Bonchev–Trinajstić information content (AvgIpc) is 2.66. The van der Waals surface area contributed by atoms with E-state index in [0.29, 0.717) is 0 Å². The fraction of sp³-hybridized carbons (Fsp3) is 0.136. The maximum atomic E-state index is 9.36. The minimum absolute atomic E-state index is 0.0620. The zero-order valence-corrected chi connectivity index (χ0v) is 13.6. The van der Waals surface area contributed by atoms with E-state index in [1.54, 1.807) is 0 Å². The number of pyridine rings is 1. The number of aliphatic hydroxyl groups excluding tert-OH is 1. The van der Waals surface area contributed by atoms with Crippen LogP contribution < -0.4 is 0 Å². The topological polar surface area (TPSA) is 33.1 Å². The molecule has 1 N–H and O–H groups in total. The highest BCUT2D eigenvalue weighted by Crippen LogP contribution is 2.33. The second kappa shape index (κ2) is 6.06. The Hall–Kier alpha value is -2.71. The molecule has 0 fully saturated rings. The van der Waals surface area contributed by atoms with Gasteiger partial charge in [-0.1, -0.05) is 61.5 Å². The van der Waals surface area contributed by atoms with Gasteiger partial charge in [0.1, 0.15) is 0 Å². The van der Waals surface area contributed by atoms with E-state index in [9.17, 15) is 5.11 Å². The van der Waals surface area contributed by atoms with Gasteiger partial charge in [0.05, 0.1) is 12.3 Å². The van der Waals surface area contributed by atoms with Crippen LogP contribution in [0.2, 0.25) is 0 Å². The molecule has 0 saturated heterocycles. The Bertz CT molecular complexity index is 1020. The highest BCUT2D eigenvalue weighted by molar-refractivity contribution is 5.89. The van der Waals surface area contributed by atoms with E-state index in [-0.39, 0.29) is 12.5 Å². The molecule has 0 aliphatic carbocycles. The number of hydrogen-bond acceptors (Lipinski definition) is 2. The third-order valence-electron chi connectivity index (χ3n) is 4.74. The largest absolute Gasteiger partial charge is 0.392 e. The summed E-state index contributed by atoms with van der Waals surface area (Å²) in [4.78, 5) is 4.68. The number of fused-ring (bicyclic) bond motifs is 2. The van der Waals surface area contributed by atoms with Gasteiger partial charge in [-0.2, -0.15) is 0 Å². The van der Waals surface area contributed by atoms with Gasteiger partial charge >= 0.3 is 0 Å². The molecule has 2 nitrogen and oxygen atoms in total. The molecule has 1 atom stereocenters.